The van der Waals surface area contributed by atoms with Gasteiger partial charge in [0.25, 0.3) is 0 Å². The Morgan fingerprint density at radius 1 is 1.29 bits per heavy atom. The lowest BCUT2D eigenvalue weighted by molar-refractivity contribution is 0.106. The summed E-state index contributed by atoms with van der Waals surface area (Å²) in [7, 11) is 2.21. The number of hydrogen-bond donors (Lipinski definition) is 1. The van der Waals surface area contributed by atoms with E-state index in [1.54, 1.807) is 0 Å². The van der Waals surface area contributed by atoms with E-state index < -0.39 is 0 Å². The fourth-order valence-corrected chi connectivity index (χ4v) is 2.37. The first-order chi connectivity index (χ1) is 8.16. The van der Waals surface area contributed by atoms with E-state index in [0.717, 1.165) is 18.7 Å². The predicted molar refractivity (Wildman–Crippen MR) is 73.1 cm³/mol. The number of piperazine rings is 1. The lowest BCUT2D eigenvalue weighted by Crippen LogP contribution is -2.50. The average molecular weight is 233 g/mol. The Hall–Kier alpha value is -1.06. The van der Waals surface area contributed by atoms with Gasteiger partial charge in [0.2, 0.25) is 0 Å². The van der Waals surface area contributed by atoms with Gasteiger partial charge in [-0.05, 0) is 32.0 Å². The minimum atomic E-state index is 0.664. The maximum absolute atomic E-state index is 5.96. The van der Waals surface area contributed by atoms with Crippen LogP contribution in [0, 0.1) is 0 Å². The van der Waals surface area contributed by atoms with Crippen LogP contribution < -0.4 is 5.73 Å². The Balaban J connectivity index is 1.85. The summed E-state index contributed by atoms with van der Waals surface area (Å²) in [6.45, 7) is 6.93. The first-order valence-electron chi connectivity index (χ1n) is 6.43. The van der Waals surface area contributed by atoms with Crippen molar-refractivity contribution in [2.45, 2.75) is 19.4 Å². The molecular weight excluding hydrogens is 210 g/mol. The van der Waals surface area contributed by atoms with E-state index in [-0.39, 0.29) is 0 Å². The molecule has 0 aliphatic carbocycles. The Morgan fingerprint density at radius 2 is 2.06 bits per heavy atom. The molecule has 2 rings (SSSR count). The molecule has 1 aromatic rings. The van der Waals surface area contributed by atoms with Gasteiger partial charge in [0, 0.05) is 37.9 Å². The second-order valence-corrected chi connectivity index (χ2v) is 5.08. The van der Waals surface area contributed by atoms with E-state index in [1.807, 2.05) is 12.1 Å². The smallest absolute Gasteiger partial charge is 0.0347 e. The molecule has 1 aliphatic rings. The van der Waals surface area contributed by atoms with Crippen LogP contribution >= 0.6 is 0 Å². The third-order valence-electron chi connectivity index (χ3n) is 3.80. The van der Waals surface area contributed by atoms with Gasteiger partial charge in [-0.1, -0.05) is 18.2 Å². The van der Waals surface area contributed by atoms with Crippen molar-refractivity contribution in [2.75, 3.05) is 39.0 Å². The van der Waals surface area contributed by atoms with E-state index in [2.05, 4.69) is 35.9 Å². The summed E-state index contributed by atoms with van der Waals surface area (Å²) >= 11 is 0. The molecule has 0 amide bonds. The van der Waals surface area contributed by atoms with E-state index in [9.17, 15) is 0 Å². The summed E-state index contributed by atoms with van der Waals surface area (Å²) in [4.78, 5) is 4.96. The number of anilines is 1. The first-order valence-corrected chi connectivity index (χ1v) is 6.43. The molecule has 0 aromatic heterocycles. The minimum Gasteiger partial charge on any atom is -0.399 e. The normalized spacial score (nSPS) is 22.8. The molecule has 1 fully saturated rings. The number of nitrogens with zero attached hydrogens (tertiary/aromatic N) is 2. The molecule has 1 aliphatic heterocycles. The second kappa shape index (κ2) is 5.52. The van der Waals surface area contributed by atoms with Crippen LogP contribution in [0.15, 0.2) is 24.3 Å². The topological polar surface area (TPSA) is 32.5 Å². The van der Waals surface area contributed by atoms with Gasteiger partial charge in [-0.15, -0.1) is 0 Å². The van der Waals surface area contributed by atoms with Crippen LogP contribution in [0.4, 0.5) is 5.69 Å². The van der Waals surface area contributed by atoms with Gasteiger partial charge in [-0.3, -0.25) is 0 Å². The third kappa shape index (κ3) is 3.20. The van der Waals surface area contributed by atoms with Crippen molar-refractivity contribution in [1.82, 2.24) is 9.80 Å². The van der Waals surface area contributed by atoms with Crippen LogP contribution in [0.3, 0.4) is 0 Å². The van der Waals surface area contributed by atoms with Gasteiger partial charge in [-0.2, -0.15) is 0 Å². The highest BCUT2D eigenvalue weighted by molar-refractivity contribution is 5.46. The van der Waals surface area contributed by atoms with Gasteiger partial charge >= 0.3 is 0 Å². The Kier molecular flexibility index (Phi) is 4.02. The average Bonchev–Trinajstić information content (AvgIpc) is 2.32. The third-order valence-corrected chi connectivity index (χ3v) is 3.80. The number of rotatable bonds is 3. The molecular formula is C14H23N3. The van der Waals surface area contributed by atoms with E-state index in [0.29, 0.717) is 6.04 Å². The van der Waals surface area contributed by atoms with Gasteiger partial charge < -0.3 is 15.5 Å². The van der Waals surface area contributed by atoms with Crippen molar-refractivity contribution >= 4 is 5.69 Å². The number of para-hydroxylation sites is 1. The largest absolute Gasteiger partial charge is 0.399 e. The Bertz CT molecular complexity index is 364. The minimum absolute atomic E-state index is 0.664. The highest BCUT2D eigenvalue weighted by Gasteiger charge is 2.19. The predicted octanol–water partition coefficient (Wildman–Crippen LogP) is 1.45. The summed E-state index contributed by atoms with van der Waals surface area (Å²) in [6.07, 6.45) is 1.06. The molecule has 1 atom stereocenters. The highest BCUT2D eigenvalue weighted by atomic mass is 15.3. The molecule has 2 N–H and O–H groups in total. The number of likely N-dealkylation sites (N-methyl/N-ethyl adjacent to an activating group) is 1. The standard InChI is InChI=1S/C14H23N3/c1-12-11-17(10-9-16(12)2)8-7-13-5-3-4-6-14(13)15/h3-6,12H,7-11,15H2,1-2H3. The molecule has 3 heteroatoms. The summed E-state index contributed by atoms with van der Waals surface area (Å²) in [5.41, 5.74) is 8.16. The van der Waals surface area contributed by atoms with Crippen LogP contribution in [0.25, 0.3) is 0 Å². The van der Waals surface area contributed by atoms with E-state index >= 15 is 0 Å². The SMILES string of the molecule is CC1CN(CCc2ccccc2N)CCN1C. The molecule has 1 aromatic carbocycles. The van der Waals surface area contributed by atoms with Crippen molar-refractivity contribution < 1.29 is 0 Å². The fraction of sp³-hybridized carbons (Fsp3) is 0.571. The number of nitrogen functional groups attached to an aromatic ring is 1. The van der Waals surface area contributed by atoms with E-state index in [1.165, 1.54) is 25.2 Å². The first kappa shape index (κ1) is 12.4. The molecule has 94 valence electrons. The Morgan fingerprint density at radius 3 is 2.76 bits per heavy atom. The zero-order valence-electron chi connectivity index (χ0n) is 10.9. The lowest BCUT2D eigenvalue weighted by atomic mass is 10.1. The van der Waals surface area contributed by atoms with Gasteiger partial charge in [0.05, 0.1) is 0 Å². The quantitative estimate of drug-likeness (QED) is 0.802. The molecule has 0 radical (unpaired) electrons. The Labute approximate surface area is 104 Å². The van der Waals surface area contributed by atoms with Crippen molar-refractivity contribution in [3.8, 4) is 0 Å². The van der Waals surface area contributed by atoms with Crippen LogP contribution in [0.2, 0.25) is 0 Å². The maximum atomic E-state index is 5.96. The van der Waals surface area contributed by atoms with Gasteiger partial charge in [0.15, 0.2) is 0 Å². The molecule has 17 heavy (non-hydrogen) atoms. The van der Waals surface area contributed by atoms with E-state index in [4.69, 9.17) is 5.73 Å². The number of nitrogens with two attached hydrogens (primary N) is 1. The van der Waals surface area contributed by atoms with Crippen molar-refractivity contribution in [2.24, 2.45) is 0 Å². The van der Waals surface area contributed by atoms with Crippen LogP contribution in [-0.2, 0) is 6.42 Å². The molecule has 0 saturated carbocycles. The molecule has 0 bridgehead atoms. The summed E-state index contributed by atoms with van der Waals surface area (Å²) < 4.78 is 0. The van der Waals surface area contributed by atoms with Crippen LogP contribution in [0.1, 0.15) is 12.5 Å². The summed E-state index contributed by atoms with van der Waals surface area (Å²) in [5.74, 6) is 0. The highest BCUT2D eigenvalue weighted by Crippen LogP contribution is 2.13. The zero-order chi connectivity index (χ0) is 12.3. The van der Waals surface area contributed by atoms with Crippen LogP contribution in [0.5, 0.6) is 0 Å². The van der Waals surface area contributed by atoms with Crippen molar-refractivity contribution in [1.29, 1.82) is 0 Å². The van der Waals surface area contributed by atoms with Gasteiger partial charge in [-0.25, -0.2) is 0 Å². The molecule has 1 saturated heterocycles. The molecule has 1 heterocycles. The maximum Gasteiger partial charge on any atom is 0.0347 e. The number of benzene rings is 1. The number of hydrogen-bond acceptors (Lipinski definition) is 3. The monoisotopic (exact) mass is 233 g/mol. The lowest BCUT2D eigenvalue weighted by Gasteiger charge is -2.37. The van der Waals surface area contributed by atoms with Crippen LogP contribution in [-0.4, -0.2) is 49.1 Å². The van der Waals surface area contributed by atoms with Crippen molar-refractivity contribution in [3.05, 3.63) is 29.8 Å². The molecule has 1 unspecified atom stereocenters. The second-order valence-electron chi connectivity index (χ2n) is 5.08. The molecule has 3 nitrogen and oxygen atoms in total. The fourth-order valence-electron chi connectivity index (χ4n) is 2.37. The zero-order valence-corrected chi connectivity index (χ0v) is 10.9. The van der Waals surface area contributed by atoms with Gasteiger partial charge in [0.1, 0.15) is 0 Å². The molecule has 0 spiro atoms. The van der Waals surface area contributed by atoms with Crippen molar-refractivity contribution in [3.63, 3.8) is 0 Å². The summed E-state index contributed by atoms with van der Waals surface area (Å²) in [6, 6.07) is 8.85. The summed E-state index contributed by atoms with van der Waals surface area (Å²) in [5, 5.41) is 0.